The van der Waals surface area contributed by atoms with Gasteiger partial charge < -0.3 is 14.7 Å². The fraction of sp³-hybridized carbons (Fsp3) is 0.344. The molecule has 4 rings (SSSR count). The molecule has 0 fully saturated rings. The van der Waals surface area contributed by atoms with Crippen LogP contribution in [0.2, 0.25) is 0 Å². The normalized spacial score (nSPS) is 13.5. The van der Waals surface area contributed by atoms with Crippen molar-refractivity contribution in [3.8, 4) is 11.5 Å². The van der Waals surface area contributed by atoms with Gasteiger partial charge in [0, 0.05) is 38.9 Å². The number of aromatic hydroxyl groups is 1. The minimum atomic E-state index is -0.238. The summed E-state index contributed by atoms with van der Waals surface area (Å²) in [6.45, 7) is 3.98. The highest BCUT2D eigenvalue weighted by Gasteiger charge is 2.15. The van der Waals surface area contributed by atoms with Crippen molar-refractivity contribution in [1.82, 2.24) is 4.90 Å². The van der Waals surface area contributed by atoms with Gasteiger partial charge in [0.25, 0.3) is 0 Å². The van der Waals surface area contributed by atoms with Crippen molar-refractivity contribution in [1.29, 1.82) is 0 Å². The molecule has 37 heavy (non-hydrogen) atoms. The van der Waals surface area contributed by atoms with Gasteiger partial charge in [0.15, 0.2) is 5.78 Å². The number of anilines is 1. The van der Waals surface area contributed by atoms with E-state index in [1.807, 2.05) is 43.3 Å². The van der Waals surface area contributed by atoms with E-state index >= 15 is 0 Å². The monoisotopic (exact) mass is 498 g/mol. The molecule has 3 aromatic rings. The predicted molar refractivity (Wildman–Crippen MR) is 152 cm³/mol. The molecule has 0 amide bonds. The topological polar surface area (TPSA) is 53.0 Å². The number of allylic oxidation sites excluding steroid dienone is 1. The molecule has 1 aliphatic rings. The van der Waals surface area contributed by atoms with Gasteiger partial charge in [-0.1, -0.05) is 55.3 Å². The summed E-state index contributed by atoms with van der Waals surface area (Å²) >= 11 is 0. The molecule has 0 atom stereocenters. The van der Waals surface area contributed by atoms with E-state index in [9.17, 15) is 9.90 Å². The second kappa shape index (κ2) is 13.1. The minimum absolute atomic E-state index is 0.0572. The van der Waals surface area contributed by atoms with Gasteiger partial charge in [-0.05, 0) is 72.8 Å². The first-order valence-electron chi connectivity index (χ1n) is 13.2. The highest BCUT2D eigenvalue weighted by Crippen LogP contribution is 2.25. The molecule has 0 saturated heterocycles. The number of phenolic OH excluding ortho intramolecular Hbond substituents is 1. The standard InChI is InChI=1S/C32H38N2O3/c1-33(2)28-14-11-25(12-15-28)13-18-31(35)30-17-16-29(23-32(30)36)37-22-8-4-3-7-20-34-21-19-26-9-5-6-10-27(26)24-34/h5-6,9-18,23,36H,3-4,7-8,19-22,24H2,1-2H3/b18-13+. The first-order chi connectivity index (χ1) is 18.0. The quantitative estimate of drug-likeness (QED) is 0.179. The summed E-state index contributed by atoms with van der Waals surface area (Å²) in [6.07, 6.45) is 8.88. The Bertz CT molecular complexity index is 1200. The average Bonchev–Trinajstić information content (AvgIpc) is 2.91. The van der Waals surface area contributed by atoms with Gasteiger partial charge in [-0.25, -0.2) is 0 Å². The number of carbonyl (C=O) groups excluding carboxylic acids is 1. The first-order valence-corrected chi connectivity index (χ1v) is 13.2. The third-order valence-electron chi connectivity index (χ3n) is 6.92. The van der Waals surface area contributed by atoms with Crippen LogP contribution < -0.4 is 9.64 Å². The van der Waals surface area contributed by atoms with Crippen LogP contribution in [-0.2, 0) is 13.0 Å². The van der Waals surface area contributed by atoms with Crippen molar-refractivity contribution in [2.75, 3.05) is 38.7 Å². The Morgan fingerprint density at radius 1 is 0.973 bits per heavy atom. The van der Waals surface area contributed by atoms with Crippen molar-refractivity contribution in [2.45, 2.75) is 38.6 Å². The summed E-state index contributed by atoms with van der Waals surface area (Å²) in [6, 6.07) is 21.6. The van der Waals surface area contributed by atoms with E-state index in [4.69, 9.17) is 4.74 Å². The molecule has 5 heteroatoms. The summed E-state index contributed by atoms with van der Waals surface area (Å²) in [4.78, 5) is 17.1. The second-order valence-electron chi connectivity index (χ2n) is 9.92. The van der Waals surface area contributed by atoms with Crippen molar-refractivity contribution in [3.63, 3.8) is 0 Å². The van der Waals surface area contributed by atoms with Gasteiger partial charge in [0.1, 0.15) is 11.5 Å². The Kier molecular flexibility index (Phi) is 9.39. The summed E-state index contributed by atoms with van der Waals surface area (Å²) < 4.78 is 5.81. The van der Waals surface area contributed by atoms with Crippen LogP contribution >= 0.6 is 0 Å². The SMILES string of the molecule is CN(C)c1ccc(/C=C/C(=O)c2ccc(OCCCCCCN3CCc4ccccc4C3)cc2O)cc1. The van der Waals surface area contributed by atoms with E-state index in [2.05, 4.69) is 29.2 Å². The summed E-state index contributed by atoms with van der Waals surface area (Å²) in [5, 5.41) is 10.4. The maximum absolute atomic E-state index is 12.6. The molecule has 194 valence electrons. The third kappa shape index (κ3) is 7.70. The fourth-order valence-corrected chi connectivity index (χ4v) is 4.68. The Labute approximate surface area is 221 Å². The zero-order valence-electron chi connectivity index (χ0n) is 22.0. The predicted octanol–water partition coefficient (Wildman–Crippen LogP) is 6.35. The maximum atomic E-state index is 12.6. The number of hydrogen-bond acceptors (Lipinski definition) is 5. The molecule has 1 heterocycles. The summed E-state index contributed by atoms with van der Waals surface area (Å²) in [7, 11) is 3.97. The van der Waals surface area contributed by atoms with E-state index < -0.39 is 0 Å². The Balaban J connectivity index is 1.14. The number of nitrogens with zero attached hydrogens (tertiary/aromatic N) is 2. The number of phenols is 1. The van der Waals surface area contributed by atoms with E-state index in [0.29, 0.717) is 12.4 Å². The molecule has 0 saturated carbocycles. The lowest BCUT2D eigenvalue weighted by Crippen LogP contribution is -2.31. The number of ketones is 1. The molecule has 3 aromatic carbocycles. The van der Waals surface area contributed by atoms with Gasteiger partial charge in [-0.3, -0.25) is 9.69 Å². The molecule has 0 aromatic heterocycles. The highest BCUT2D eigenvalue weighted by atomic mass is 16.5. The van der Waals surface area contributed by atoms with Gasteiger partial charge in [-0.2, -0.15) is 0 Å². The lowest BCUT2D eigenvalue weighted by molar-refractivity contribution is 0.104. The van der Waals surface area contributed by atoms with Crippen LogP contribution in [0.25, 0.3) is 6.08 Å². The van der Waals surface area contributed by atoms with E-state index in [0.717, 1.165) is 50.1 Å². The zero-order chi connectivity index (χ0) is 26.0. The van der Waals surface area contributed by atoms with Crippen molar-refractivity contribution in [2.24, 2.45) is 0 Å². The van der Waals surface area contributed by atoms with Crippen LogP contribution in [0.5, 0.6) is 11.5 Å². The van der Waals surface area contributed by atoms with Gasteiger partial charge in [0.05, 0.1) is 12.2 Å². The Hall–Kier alpha value is -3.57. The summed E-state index contributed by atoms with van der Waals surface area (Å²) in [5.74, 6) is 0.292. The number of rotatable bonds is 12. The number of hydrogen-bond donors (Lipinski definition) is 1. The molecule has 5 nitrogen and oxygen atoms in total. The molecular formula is C32H38N2O3. The Morgan fingerprint density at radius 3 is 2.49 bits per heavy atom. The number of benzene rings is 3. The van der Waals surface area contributed by atoms with E-state index in [1.165, 1.54) is 36.1 Å². The van der Waals surface area contributed by atoms with Crippen LogP contribution in [0.1, 0.15) is 52.7 Å². The van der Waals surface area contributed by atoms with Crippen molar-refractivity contribution in [3.05, 3.63) is 95.1 Å². The summed E-state index contributed by atoms with van der Waals surface area (Å²) in [5.41, 5.74) is 5.28. The van der Waals surface area contributed by atoms with Crippen LogP contribution in [0.3, 0.4) is 0 Å². The van der Waals surface area contributed by atoms with Crippen LogP contribution in [0.4, 0.5) is 5.69 Å². The third-order valence-corrected chi connectivity index (χ3v) is 6.92. The lowest BCUT2D eigenvalue weighted by atomic mass is 10.00. The van der Waals surface area contributed by atoms with E-state index in [-0.39, 0.29) is 17.1 Å². The minimum Gasteiger partial charge on any atom is -0.507 e. The van der Waals surface area contributed by atoms with Gasteiger partial charge in [0.2, 0.25) is 0 Å². The zero-order valence-corrected chi connectivity index (χ0v) is 22.0. The van der Waals surface area contributed by atoms with Gasteiger partial charge in [-0.15, -0.1) is 0 Å². The highest BCUT2D eigenvalue weighted by molar-refractivity contribution is 6.08. The fourth-order valence-electron chi connectivity index (χ4n) is 4.68. The molecule has 1 N–H and O–H groups in total. The molecule has 0 unspecified atom stereocenters. The maximum Gasteiger partial charge on any atom is 0.189 e. The molecular weight excluding hydrogens is 460 g/mol. The van der Waals surface area contributed by atoms with Crippen LogP contribution in [-0.4, -0.2) is 49.6 Å². The van der Waals surface area contributed by atoms with Crippen molar-refractivity contribution >= 4 is 17.5 Å². The smallest absolute Gasteiger partial charge is 0.189 e. The first kappa shape index (κ1) is 26.5. The van der Waals surface area contributed by atoms with Crippen LogP contribution in [0.15, 0.2) is 72.8 Å². The molecule has 0 aliphatic carbocycles. The van der Waals surface area contributed by atoms with E-state index in [1.54, 1.807) is 18.2 Å². The van der Waals surface area contributed by atoms with Gasteiger partial charge >= 0.3 is 0 Å². The average molecular weight is 499 g/mol. The lowest BCUT2D eigenvalue weighted by Gasteiger charge is -2.28. The van der Waals surface area contributed by atoms with Crippen LogP contribution in [0, 0.1) is 0 Å². The second-order valence-corrected chi connectivity index (χ2v) is 9.92. The number of ether oxygens (including phenoxy) is 1. The largest absolute Gasteiger partial charge is 0.507 e. The number of carbonyl (C=O) groups is 1. The molecule has 0 spiro atoms. The number of fused-ring (bicyclic) bond motifs is 1. The number of unbranched alkanes of at least 4 members (excludes halogenated alkanes) is 3. The molecule has 0 bridgehead atoms. The molecule has 0 radical (unpaired) electrons. The van der Waals surface area contributed by atoms with Crippen molar-refractivity contribution < 1.29 is 14.6 Å². The molecule has 1 aliphatic heterocycles. The Morgan fingerprint density at radius 2 is 1.73 bits per heavy atom.